The molecule has 0 aromatic rings. The fourth-order valence-electron chi connectivity index (χ4n) is 2.50. The number of nitrogens with two attached hydrogens (primary N) is 1. The number of rotatable bonds is 6. The molecule has 0 saturated heterocycles. The van der Waals surface area contributed by atoms with Crippen molar-refractivity contribution in [1.82, 2.24) is 4.90 Å². The Morgan fingerprint density at radius 1 is 1.43 bits per heavy atom. The second-order valence-electron chi connectivity index (χ2n) is 4.32. The first-order chi connectivity index (χ1) is 6.79. The van der Waals surface area contributed by atoms with Gasteiger partial charge in [-0.3, -0.25) is 0 Å². The lowest BCUT2D eigenvalue weighted by Gasteiger charge is -2.28. The first-order valence-corrected chi connectivity index (χ1v) is 5.68. The average Bonchev–Trinajstić information content (AvgIpc) is 2.65. The summed E-state index contributed by atoms with van der Waals surface area (Å²) in [5, 5.41) is 0. The van der Waals surface area contributed by atoms with E-state index in [9.17, 15) is 0 Å². The van der Waals surface area contributed by atoms with Gasteiger partial charge in [0.2, 0.25) is 0 Å². The van der Waals surface area contributed by atoms with Crippen molar-refractivity contribution in [2.24, 2.45) is 11.7 Å². The number of hydrogen-bond donors (Lipinski definition) is 1. The van der Waals surface area contributed by atoms with Crippen LogP contribution in [-0.4, -0.2) is 44.8 Å². The first kappa shape index (κ1) is 12.0. The van der Waals surface area contributed by atoms with Crippen LogP contribution in [0.5, 0.6) is 0 Å². The highest BCUT2D eigenvalue weighted by molar-refractivity contribution is 4.84. The predicted molar refractivity (Wildman–Crippen MR) is 59.3 cm³/mol. The molecule has 84 valence electrons. The minimum Gasteiger partial charge on any atom is -0.385 e. The molecule has 1 saturated carbocycles. The van der Waals surface area contributed by atoms with Crippen LogP contribution in [0.2, 0.25) is 0 Å². The van der Waals surface area contributed by atoms with E-state index >= 15 is 0 Å². The topological polar surface area (TPSA) is 38.5 Å². The molecule has 2 atom stereocenters. The molecule has 0 aliphatic heterocycles. The summed E-state index contributed by atoms with van der Waals surface area (Å²) in [7, 11) is 3.98. The van der Waals surface area contributed by atoms with Gasteiger partial charge in [0.1, 0.15) is 0 Å². The monoisotopic (exact) mass is 200 g/mol. The molecular formula is C11H24N2O. The lowest BCUT2D eigenvalue weighted by molar-refractivity contribution is 0.152. The van der Waals surface area contributed by atoms with Crippen molar-refractivity contribution in [2.75, 3.05) is 33.9 Å². The van der Waals surface area contributed by atoms with E-state index in [4.69, 9.17) is 10.5 Å². The van der Waals surface area contributed by atoms with E-state index in [1.807, 2.05) is 0 Å². The second kappa shape index (κ2) is 6.38. The zero-order chi connectivity index (χ0) is 10.4. The Hall–Kier alpha value is -0.120. The maximum atomic E-state index is 5.77. The smallest absolute Gasteiger partial charge is 0.0474 e. The van der Waals surface area contributed by atoms with Crippen molar-refractivity contribution in [3.8, 4) is 0 Å². The van der Waals surface area contributed by atoms with Gasteiger partial charge in [0.25, 0.3) is 0 Å². The summed E-state index contributed by atoms with van der Waals surface area (Å²) in [5.41, 5.74) is 5.77. The SMILES string of the molecule is COCCCN(C)C1CCCC1CN. The van der Waals surface area contributed by atoms with Gasteiger partial charge in [-0.25, -0.2) is 0 Å². The third-order valence-electron chi connectivity index (χ3n) is 3.35. The van der Waals surface area contributed by atoms with Crippen molar-refractivity contribution < 1.29 is 4.74 Å². The van der Waals surface area contributed by atoms with Crippen LogP contribution in [-0.2, 0) is 4.74 Å². The van der Waals surface area contributed by atoms with Gasteiger partial charge in [-0.2, -0.15) is 0 Å². The van der Waals surface area contributed by atoms with Gasteiger partial charge in [-0.1, -0.05) is 6.42 Å². The standard InChI is InChI=1S/C11H24N2O/c1-13(7-4-8-14-2)11-6-3-5-10(11)9-12/h10-11H,3-9,12H2,1-2H3. The van der Waals surface area contributed by atoms with E-state index in [0.29, 0.717) is 0 Å². The lowest BCUT2D eigenvalue weighted by atomic mass is 10.0. The van der Waals surface area contributed by atoms with Crippen LogP contribution in [0.4, 0.5) is 0 Å². The third kappa shape index (κ3) is 3.23. The van der Waals surface area contributed by atoms with Gasteiger partial charge in [-0.05, 0) is 38.8 Å². The van der Waals surface area contributed by atoms with E-state index in [2.05, 4.69) is 11.9 Å². The maximum absolute atomic E-state index is 5.77. The molecule has 1 fully saturated rings. The zero-order valence-electron chi connectivity index (χ0n) is 9.54. The minimum atomic E-state index is 0.719. The van der Waals surface area contributed by atoms with E-state index in [0.717, 1.165) is 38.1 Å². The van der Waals surface area contributed by atoms with Crippen LogP contribution in [0.3, 0.4) is 0 Å². The molecule has 14 heavy (non-hydrogen) atoms. The van der Waals surface area contributed by atoms with Crippen molar-refractivity contribution >= 4 is 0 Å². The lowest BCUT2D eigenvalue weighted by Crippen LogP contribution is -2.38. The highest BCUT2D eigenvalue weighted by Crippen LogP contribution is 2.28. The number of methoxy groups -OCH3 is 1. The molecule has 1 aliphatic rings. The molecule has 0 heterocycles. The van der Waals surface area contributed by atoms with Gasteiger partial charge < -0.3 is 15.4 Å². The van der Waals surface area contributed by atoms with Gasteiger partial charge in [0.15, 0.2) is 0 Å². The summed E-state index contributed by atoms with van der Waals surface area (Å²) in [4.78, 5) is 2.46. The van der Waals surface area contributed by atoms with Gasteiger partial charge in [0, 0.05) is 26.3 Å². The highest BCUT2D eigenvalue weighted by atomic mass is 16.5. The first-order valence-electron chi connectivity index (χ1n) is 5.68. The number of hydrogen-bond acceptors (Lipinski definition) is 3. The van der Waals surface area contributed by atoms with Crippen molar-refractivity contribution in [3.63, 3.8) is 0 Å². The predicted octanol–water partition coefficient (Wildman–Crippen LogP) is 1.08. The molecule has 0 amide bonds. The third-order valence-corrected chi connectivity index (χ3v) is 3.35. The largest absolute Gasteiger partial charge is 0.385 e. The molecule has 0 radical (unpaired) electrons. The van der Waals surface area contributed by atoms with Crippen molar-refractivity contribution in [2.45, 2.75) is 31.7 Å². The van der Waals surface area contributed by atoms with Gasteiger partial charge in [0.05, 0.1) is 0 Å². The van der Waals surface area contributed by atoms with Crippen LogP contribution in [0.1, 0.15) is 25.7 Å². The summed E-state index contributed by atoms with van der Waals surface area (Å²) in [6.45, 7) is 2.85. The summed E-state index contributed by atoms with van der Waals surface area (Å²) >= 11 is 0. The van der Waals surface area contributed by atoms with Crippen molar-refractivity contribution in [3.05, 3.63) is 0 Å². The molecule has 3 nitrogen and oxygen atoms in total. The van der Waals surface area contributed by atoms with E-state index < -0.39 is 0 Å². The summed E-state index contributed by atoms with van der Waals surface area (Å²) in [5.74, 6) is 0.725. The fourth-order valence-corrected chi connectivity index (χ4v) is 2.50. The molecule has 1 aliphatic carbocycles. The molecular weight excluding hydrogens is 176 g/mol. The van der Waals surface area contributed by atoms with Gasteiger partial charge in [-0.15, -0.1) is 0 Å². The van der Waals surface area contributed by atoms with Crippen LogP contribution in [0.25, 0.3) is 0 Å². The number of ether oxygens (including phenoxy) is 1. The maximum Gasteiger partial charge on any atom is 0.0474 e. The Kier molecular flexibility index (Phi) is 5.45. The van der Waals surface area contributed by atoms with Crippen molar-refractivity contribution in [1.29, 1.82) is 0 Å². The molecule has 3 heteroatoms. The molecule has 0 aromatic heterocycles. The molecule has 0 spiro atoms. The average molecular weight is 200 g/mol. The molecule has 0 bridgehead atoms. The second-order valence-corrected chi connectivity index (χ2v) is 4.32. The zero-order valence-corrected chi connectivity index (χ0v) is 9.54. The molecule has 1 rings (SSSR count). The summed E-state index contributed by atoms with van der Waals surface area (Å²) < 4.78 is 5.06. The van der Waals surface area contributed by atoms with E-state index in [-0.39, 0.29) is 0 Å². The Morgan fingerprint density at radius 2 is 2.21 bits per heavy atom. The van der Waals surface area contributed by atoms with Crippen LogP contribution in [0.15, 0.2) is 0 Å². The fraction of sp³-hybridized carbons (Fsp3) is 1.00. The summed E-state index contributed by atoms with van der Waals surface area (Å²) in [6, 6.07) is 0.719. The quantitative estimate of drug-likeness (QED) is 0.652. The Labute approximate surface area is 87.6 Å². The normalized spacial score (nSPS) is 27.4. The molecule has 0 aromatic carbocycles. The molecule has 2 unspecified atom stereocenters. The molecule has 2 N–H and O–H groups in total. The van der Waals surface area contributed by atoms with Crippen LogP contribution < -0.4 is 5.73 Å². The minimum absolute atomic E-state index is 0.719. The van der Waals surface area contributed by atoms with Crippen LogP contribution in [0, 0.1) is 5.92 Å². The Bertz CT molecular complexity index is 152. The Morgan fingerprint density at radius 3 is 2.86 bits per heavy atom. The van der Waals surface area contributed by atoms with E-state index in [1.165, 1.54) is 19.3 Å². The van der Waals surface area contributed by atoms with E-state index in [1.54, 1.807) is 7.11 Å². The summed E-state index contributed by atoms with van der Waals surface area (Å²) in [6.07, 6.45) is 5.11. The number of nitrogens with zero attached hydrogens (tertiary/aromatic N) is 1. The van der Waals surface area contributed by atoms with Crippen LogP contribution >= 0.6 is 0 Å². The highest BCUT2D eigenvalue weighted by Gasteiger charge is 2.28. The van der Waals surface area contributed by atoms with Gasteiger partial charge >= 0.3 is 0 Å². The Balaban J connectivity index is 2.24.